The number of anilines is 1. The fourth-order valence-corrected chi connectivity index (χ4v) is 3.72. The third-order valence-corrected chi connectivity index (χ3v) is 5.27. The Bertz CT molecular complexity index is 817. The molecule has 0 spiro atoms. The van der Waals surface area contributed by atoms with Crippen LogP contribution in [0.3, 0.4) is 0 Å². The molecule has 2 heterocycles. The molecule has 7 nitrogen and oxygen atoms in total. The molecule has 0 radical (unpaired) electrons. The monoisotopic (exact) mass is 457 g/mol. The maximum absolute atomic E-state index is 12.8. The number of nitrogens with zero attached hydrogens (tertiary/aromatic N) is 3. The predicted octanol–water partition coefficient (Wildman–Crippen LogP) is 3.65. The quantitative estimate of drug-likeness (QED) is 0.468. The molecule has 0 bridgehead atoms. The van der Waals surface area contributed by atoms with Gasteiger partial charge in [-0.25, -0.2) is 19.1 Å². The van der Waals surface area contributed by atoms with Gasteiger partial charge in [0, 0.05) is 13.5 Å². The summed E-state index contributed by atoms with van der Waals surface area (Å²) in [6, 6.07) is 5.40. The molecule has 2 aromatic rings. The van der Waals surface area contributed by atoms with Crippen molar-refractivity contribution in [2.24, 2.45) is 0 Å². The number of hydrogen-bond donors (Lipinski definition) is 0. The van der Waals surface area contributed by atoms with Gasteiger partial charge in [-0.1, -0.05) is 11.3 Å². The second-order valence-electron chi connectivity index (χ2n) is 5.83. The average molecular weight is 458 g/mol. The first kappa shape index (κ1) is 19.6. The van der Waals surface area contributed by atoms with Crippen LogP contribution in [0.4, 0.5) is 14.3 Å². The molecule has 27 heavy (non-hydrogen) atoms. The molecule has 144 valence electrons. The number of esters is 1. The summed E-state index contributed by atoms with van der Waals surface area (Å²) >= 11 is 4.60. The van der Waals surface area contributed by atoms with E-state index in [0.29, 0.717) is 23.9 Å². The number of benzene rings is 1. The first-order chi connectivity index (χ1) is 12.9. The van der Waals surface area contributed by atoms with Crippen molar-refractivity contribution in [3.8, 4) is 5.75 Å². The maximum Gasteiger partial charge on any atom is 0.329 e. The van der Waals surface area contributed by atoms with Crippen LogP contribution >= 0.6 is 27.3 Å². The molecule has 10 heteroatoms. The zero-order valence-electron chi connectivity index (χ0n) is 14.4. The number of likely N-dealkylation sites (N-methyl/N-ethyl adjacent to an activating group) is 1. The Kier molecular flexibility index (Phi) is 6.27. The lowest BCUT2D eigenvalue weighted by Gasteiger charge is -2.20. The van der Waals surface area contributed by atoms with Crippen molar-refractivity contribution in [2.45, 2.75) is 19.1 Å². The molecule has 0 saturated carbocycles. The second-order valence-corrected chi connectivity index (χ2v) is 8.22. The van der Waals surface area contributed by atoms with Gasteiger partial charge in [0.1, 0.15) is 11.6 Å². The number of hydrogen-bond acceptors (Lipinski definition) is 6. The minimum absolute atomic E-state index is 0.144. The summed E-state index contributed by atoms with van der Waals surface area (Å²) in [6.07, 6.45) is 1.46. The lowest BCUT2D eigenvalue weighted by atomic mass is 10.3. The number of urea groups is 1. The fraction of sp³-hybridized carbons (Fsp3) is 0.353. The summed E-state index contributed by atoms with van der Waals surface area (Å²) in [6.45, 7) is 0.571. The van der Waals surface area contributed by atoms with Gasteiger partial charge in [-0.15, -0.1) is 0 Å². The van der Waals surface area contributed by atoms with Gasteiger partial charge in [-0.3, -0.25) is 4.79 Å². The van der Waals surface area contributed by atoms with Crippen LogP contribution in [0.2, 0.25) is 0 Å². The number of carbonyl (C=O) groups is 2. The topological polar surface area (TPSA) is 72.0 Å². The minimum atomic E-state index is -0.717. The van der Waals surface area contributed by atoms with Gasteiger partial charge >= 0.3 is 12.0 Å². The van der Waals surface area contributed by atoms with Crippen LogP contribution < -0.4 is 9.64 Å². The van der Waals surface area contributed by atoms with Crippen LogP contribution in [0, 0.1) is 5.82 Å². The second kappa shape index (κ2) is 8.66. The number of thiazole rings is 1. The molecule has 1 unspecified atom stereocenters. The maximum atomic E-state index is 12.8. The van der Waals surface area contributed by atoms with Crippen molar-refractivity contribution in [3.05, 3.63) is 40.1 Å². The third kappa shape index (κ3) is 4.95. The molecule has 3 rings (SSSR count). The Hall–Kier alpha value is -2.20. The van der Waals surface area contributed by atoms with Crippen molar-refractivity contribution in [3.63, 3.8) is 0 Å². The van der Waals surface area contributed by atoms with E-state index in [4.69, 9.17) is 9.47 Å². The van der Waals surface area contributed by atoms with Gasteiger partial charge in [0.05, 0.1) is 23.1 Å². The van der Waals surface area contributed by atoms with Crippen LogP contribution in [0.15, 0.2) is 34.2 Å². The largest absolute Gasteiger partial charge is 0.494 e. The molecule has 1 saturated heterocycles. The Morgan fingerprint density at radius 2 is 2.15 bits per heavy atom. The molecule has 1 aliphatic rings. The number of rotatable bonds is 7. The van der Waals surface area contributed by atoms with Crippen LogP contribution in [-0.2, 0) is 9.53 Å². The number of aromatic nitrogens is 1. The summed E-state index contributed by atoms with van der Waals surface area (Å²) < 4.78 is 24.5. The van der Waals surface area contributed by atoms with Gasteiger partial charge in [0.25, 0.3) is 0 Å². The Morgan fingerprint density at radius 3 is 2.81 bits per heavy atom. The Balaban J connectivity index is 1.49. The molecule has 1 aromatic heterocycles. The first-order valence-corrected chi connectivity index (χ1v) is 9.78. The van der Waals surface area contributed by atoms with Gasteiger partial charge in [0.2, 0.25) is 6.23 Å². The zero-order valence-corrected chi connectivity index (χ0v) is 16.8. The Morgan fingerprint density at radius 1 is 1.41 bits per heavy atom. The van der Waals surface area contributed by atoms with Crippen molar-refractivity contribution >= 4 is 44.4 Å². The molecule has 1 atom stereocenters. The summed E-state index contributed by atoms with van der Waals surface area (Å²) in [4.78, 5) is 31.5. The first-order valence-electron chi connectivity index (χ1n) is 8.17. The van der Waals surface area contributed by atoms with E-state index in [0.717, 1.165) is 3.79 Å². The van der Waals surface area contributed by atoms with Crippen LogP contribution in [0.25, 0.3) is 0 Å². The molecule has 2 amide bonds. The van der Waals surface area contributed by atoms with E-state index in [1.807, 2.05) is 0 Å². The predicted molar refractivity (Wildman–Crippen MR) is 101 cm³/mol. The van der Waals surface area contributed by atoms with Crippen LogP contribution in [0.1, 0.15) is 12.8 Å². The van der Waals surface area contributed by atoms with E-state index >= 15 is 0 Å². The third-order valence-electron chi connectivity index (χ3n) is 3.80. The Labute approximate surface area is 167 Å². The van der Waals surface area contributed by atoms with E-state index in [1.54, 1.807) is 13.2 Å². The highest BCUT2D eigenvalue weighted by molar-refractivity contribution is 9.11. The van der Waals surface area contributed by atoms with E-state index in [9.17, 15) is 14.0 Å². The molecule has 1 aromatic carbocycles. The normalized spacial score (nSPS) is 16.7. The highest BCUT2D eigenvalue weighted by atomic mass is 79.9. The van der Waals surface area contributed by atoms with E-state index in [1.165, 1.54) is 45.4 Å². The van der Waals surface area contributed by atoms with E-state index in [-0.39, 0.29) is 24.8 Å². The number of amides is 2. The minimum Gasteiger partial charge on any atom is -0.494 e. The van der Waals surface area contributed by atoms with Crippen LogP contribution in [-0.4, -0.2) is 48.3 Å². The van der Waals surface area contributed by atoms with Crippen LogP contribution in [0.5, 0.6) is 5.75 Å². The number of carbonyl (C=O) groups excluding carboxylic acids is 2. The van der Waals surface area contributed by atoms with Crippen molar-refractivity contribution in [1.29, 1.82) is 0 Å². The van der Waals surface area contributed by atoms with Crippen molar-refractivity contribution < 1.29 is 23.5 Å². The zero-order chi connectivity index (χ0) is 19.4. The summed E-state index contributed by atoms with van der Waals surface area (Å²) in [5.41, 5.74) is 0. The number of ether oxygens (including phenoxy) is 2. The summed E-state index contributed by atoms with van der Waals surface area (Å²) in [5, 5.41) is 0.466. The summed E-state index contributed by atoms with van der Waals surface area (Å²) in [7, 11) is 1.64. The average Bonchev–Trinajstić information content (AvgIpc) is 3.16. The van der Waals surface area contributed by atoms with Gasteiger partial charge in [-0.05, 0) is 46.6 Å². The van der Waals surface area contributed by atoms with Gasteiger partial charge in [0.15, 0.2) is 5.13 Å². The molecule has 1 fully saturated rings. The molecular formula is C17H17BrFN3O4S. The van der Waals surface area contributed by atoms with Crippen molar-refractivity contribution in [2.75, 3.05) is 25.1 Å². The van der Waals surface area contributed by atoms with Gasteiger partial charge in [-0.2, -0.15) is 0 Å². The number of halogens is 2. The standard InChI is InChI=1S/C17H17BrFN3O4S/c1-21-10-14(22(17(21)24)16-20-9-13(18)27-16)26-15(23)3-2-8-25-12-6-4-11(19)5-7-12/h4-7,9,14H,2-3,8,10H2,1H3. The SMILES string of the molecule is CN1CC(OC(=O)CCCOc2ccc(F)cc2)N(c2ncc(Br)s2)C1=O. The molecular weight excluding hydrogens is 441 g/mol. The van der Waals surface area contributed by atoms with Crippen molar-refractivity contribution in [1.82, 2.24) is 9.88 Å². The van der Waals surface area contributed by atoms with E-state index < -0.39 is 12.2 Å². The highest BCUT2D eigenvalue weighted by Crippen LogP contribution is 2.31. The smallest absolute Gasteiger partial charge is 0.329 e. The van der Waals surface area contributed by atoms with Gasteiger partial charge < -0.3 is 14.4 Å². The fourth-order valence-electron chi connectivity index (χ4n) is 2.50. The molecule has 0 aliphatic carbocycles. The molecule has 1 aliphatic heterocycles. The van der Waals surface area contributed by atoms with E-state index in [2.05, 4.69) is 20.9 Å². The molecule has 0 N–H and O–H groups in total. The summed E-state index contributed by atoms with van der Waals surface area (Å²) in [5.74, 6) is -0.224. The lowest BCUT2D eigenvalue weighted by Crippen LogP contribution is -2.37. The lowest BCUT2D eigenvalue weighted by molar-refractivity contribution is -0.148. The highest BCUT2D eigenvalue weighted by Gasteiger charge is 2.40.